The molecule has 2 aromatic rings. The summed E-state index contributed by atoms with van der Waals surface area (Å²) in [5, 5.41) is 9.51. The van der Waals surface area contributed by atoms with E-state index >= 15 is 0 Å². The molecule has 20 heavy (non-hydrogen) atoms. The van der Waals surface area contributed by atoms with Crippen LogP contribution in [0.2, 0.25) is 0 Å². The summed E-state index contributed by atoms with van der Waals surface area (Å²) in [7, 11) is -3.41. The summed E-state index contributed by atoms with van der Waals surface area (Å²) in [5.74, 6) is -0.0172. The molecule has 0 aliphatic rings. The summed E-state index contributed by atoms with van der Waals surface area (Å²) in [6.07, 6.45) is 0. The van der Waals surface area contributed by atoms with E-state index in [2.05, 4.69) is 0 Å². The van der Waals surface area contributed by atoms with Crippen LogP contribution in [0.4, 0.5) is 5.00 Å². The van der Waals surface area contributed by atoms with Crippen molar-refractivity contribution in [2.45, 2.75) is 18.1 Å². The first-order valence-corrected chi connectivity index (χ1v) is 8.49. The smallest absolute Gasteiger partial charge is 0.188 e. The molecule has 0 atom stereocenters. The molecule has 0 amide bonds. The third-order valence-corrected chi connectivity index (χ3v) is 6.34. The Bertz CT molecular complexity index is 799. The standard InChI is InChI=1S/C14H14N2O2S2/c1-3-20(17,18)14-12(11(8-15)13(16)19-14)10-6-4-5-9(2)7-10/h4-7H,3,16H2,1-2H3. The highest BCUT2D eigenvalue weighted by atomic mass is 32.2. The van der Waals surface area contributed by atoms with Crippen molar-refractivity contribution in [3.05, 3.63) is 35.4 Å². The Morgan fingerprint density at radius 1 is 1.40 bits per heavy atom. The van der Waals surface area contributed by atoms with Crippen LogP contribution in [-0.2, 0) is 9.84 Å². The van der Waals surface area contributed by atoms with Gasteiger partial charge in [-0.05, 0) is 12.5 Å². The van der Waals surface area contributed by atoms with Gasteiger partial charge in [0, 0.05) is 5.56 Å². The molecular formula is C14H14N2O2S2. The van der Waals surface area contributed by atoms with Crippen LogP contribution in [-0.4, -0.2) is 14.2 Å². The van der Waals surface area contributed by atoms with E-state index in [9.17, 15) is 13.7 Å². The van der Waals surface area contributed by atoms with Gasteiger partial charge in [-0.15, -0.1) is 11.3 Å². The molecule has 2 N–H and O–H groups in total. The second-order valence-corrected chi connectivity index (χ2v) is 7.91. The van der Waals surface area contributed by atoms with Crippen LogP contribution in [0.1, 0.15) is 18.1 Å². The van der Waals surface area contributed by atoms with E-state index in [1.54, 1.807) is 13.0 Å². The van der Waals surface area contributed by atoms with Crippen LogP contribution in [0.3, 0.4) is 0 Å². The van der Waals surface area contributed by atoms with Crippen LogP contribution in [0, 0.1) is 18.3 Å². The van der Waals surface area contributed by atoms with Gasteiger partial charge < -0.3 is 5.73 Å². The van der Waals surface area contributed by atoms with E-state index in [1.807, 2.05) is 31.2 Å². The Hall–Kier alpha value is -1.84. The summed E-state index contributed by atoms with van der Waals surface area (Å²) in [5.41, 5.74) is 8.19. The quantitative estimate of drug-likeness (QED) is 0.944. The van der Waals surface area contributed by atoms with Gasteiger partial charge in [0.05, 0.1) is 11.3 Å². The number of nitrogens with zero attached hydrogens (tertiary/aromatic N) is 1. The normalized spacial score (nSPS) is 11.2. The summed E-state index contributed by atoms with van der Waals surface area (Å²) in [6.45, 7) is 3.50. The van der Waals surface area contributed by atoms with Gasteiger partial charge in [-0.1, -0.05) is 36.8 Å². The molecule has 6 heteroatoms. The Balaban J connectivity index is 2.84. The molecule has 0 aliphatic carbocycles. The third kappa shape index (κ3) is 2.42. The maximum Gasteiger partial charge on any atom is 0.188 e. The van der Waals surface area contributed by atoms with E-state index in [1.165, 1.54) is 0 Å². The minimum Gasteiger partial charge on any atom is -0.389 e. The van der Waals surface area contributed by atoms with Gasteiger partial charge in [-0.3, -0.25) is 0 Å². The van der Waals surface area contributed by atoms with Gasteiger partial charge in [-0.2, -0.15) is 5.26 Å². The first-order valence-electron chi connectivity index (χ1n) is 6.03. The van der Waals surface area contributed by atoms with E-state index < -0.39 is 9.84 Å². The Labute approximate surface area is 122 Å². The van der Waals surface area contributed by atoms with Gasteiger partial charge in [0.1, 0.15) is 15.3 Å². The van der Waals surface area contributed by atoms with Crippen LogP contribution >= 0.6 is 11.3 Å². The summed E-state index contributed by atoms with van der Waals surface area (Å²) in [4.78, 5) is 0. The second kappa shape index (κ2) is 5.27. The lowest BCUT2D eigenvalue weighted by atomic mass is 10.0. The van der Waals surface area contributed by atoms with Gasteiger partial charge in [-0.25, -0.2) is 8.42 Å². The van der Waals surface area contributed by atoms with E-state index in [0.29, 0.717) is 11.1 Å². The Morgan fingerprint density at radius 3 is 2.65 bits per heavy atom. The van der Waals surface area contributed by atoms with Crippen LogP contribution in [0.5, 0.6) is 0 Å². The predicted molar refractivity (Wildman–Crippen MR) is 81.3 cm³/mol. The zero-order chi connectivity index (χ0) is 14.9. The molecule has 0 unspecified atom stereocenters. The van der Waals surface area contributed by atoms with Gasteiger partial charge in [0.25, 0.3) is 0 Å². The molecule has 0 saturated carbocycles. The molecule has 0 radical (unpaired) electrons. The fraction of sp³-hybridized carbons (Fsp3) is 0.214. The highest BCUT2D eigenvalue weighted by Gasteiger charge is 2.26. The first kappa shape index (κ1) is 14.6. The molecule has 0 spiro atoms. The first-order chi connectivity index (χ1) is 9.40. The monoisotopic (exact) mass is 306 g/mol. The minimum atomic E-state index is -3.41. The predicted octanol–water partition coefficient (Wildman–Crippen LogP) is 2.97. The number of thiophene rings is 1. The van der Waals surface area contributed by atoms with Gasteiger partial charge in [0.2, 0.25) is 0 Å². The number of nitrogen functional groups attached to an aromatic ring is 1. The highest BCUT2D eigenvalue weighted by Crippen LogP contribution is 2.41. The summed E-state index contributed by atoms with van der Waals surface area (Å²) >= 11 is 0.965. The number of sulfone groups is 1. The largest absolute Gasteiger partial charge is 0.389 e. The molecule has 0 bridgehead atoms. The van der Waals surface area contributed by atoms with Crippen molar-refractivity contribution in [2.24, 2.45) is 0 Å². The molecule has 2 rings (SSSR count). The zero-order valence-corrected chi connectivity index (χ0v) is 12.8. The molecule has 0 fully saturated rings. The Kier molecular flexibility index (Phi) is 3.84. The molecule has 0 aliphatic heterocycles. The minimum absolute atomic E-state index is 0.0172. The molecule has 1 aromatic carbocycles. The molecule has 1 aromatic heterocycles. The van der Waals surface area contributed by atoms with E-state index in [-0.39, 0.29) is 20.5 Å². The van der Waals surface area contributed by atoms with Crippen molar-refractivity contribution in [3.63, 3.8) is 0 Å². The molecule has 0 saturated heterocycles. The lowest BCUT2D eigenvalue weighted by molar-refractivity contribution is 0.599. The molecule has 1 heterocycles. The number of benzene rings is 1. The van der Waals surface area contributed by atoms with Gasteiger partial charge >= 0.3 is 0 Å². The van der Waals surface area contributed by atoms with Crippen molar-refractivity contribution in [1.82, 2.24) is 0 Å². The number of hydrogen-bond acceptors (Lipinski definition) is 5. The summed E-state index contributed by atoms with van der Waals surface area (Å²) in [6, 6.07) is 9.42. The van der Waals surface area contributed by atoms with Crippen LogP contribution < -0.4 is 5.73 Å². The SMILES string of the molecule is CCS(=O)(=O)c1sc(N)c(C#N)c1-c1cccc(C)c1. The number of aryl methyl sites for hydroxylation is 1. The van der Waals surface area contributed by atoms with Crippen LogP contribution in [0.15, 0.2) is 28.5 Å². The van der Waals surface area contributed by atoms with Crippen molar-refractivity contribution >= 4 is 26.2 Å². The lowest BCUT2D eigenvalue weighted by Gasteiger charge is -2.05. The number of nitrogens with two attached hydrogens (primary N) is 1. The highest BCUT2D eigenvalue weighted by molar-refractivity contribution is 7.93. The molecule has 104 valence electrons. The topological polar surface area (TPSA) is 83.9 Å². The maximum atomic E-state index is 12.2. The van der Waals surface area contributed by atoms with E-state index in [4.69, 9.17) is 5.73 Å². The summed E-state index contributed by atoms with van der Waals surface area (Å²) < 4.78 is 24.6. The average molecular weight is 306 g/mol. The van der Waals surface area contributed by atoms with Crippen molar-refractivity contribution in [1.29, 1.82) is 5.26 Å². The number of rotatable bonds is 3. The van der Waals surface area contributed by atoms with Crippen LogP contribution in [0.25, 0.3) is 11.1 Å². The average Bonchev–Trinajstić information content (AvgIpc) is 2.76. The van der Waals surface area contributed by atoms with Gasteiger partial charge in [0.15, 0.2) is 9.84 Å². The number of anilines is 1. The fourth-order valence-corrected chi connectivity index (χ4v) is 4.65. The molecular weight excluding hydrogens is 292 g/mol. The third-order valence-electron chi connectivity index (χ3n) is 2.98. The van der Waals surface area contributed by atoms with Crippen molar-refractivity contribution < 1.29 is 8.42 Å². The molecule has 4 nitrogen and oxygen atoms in total. The zero-order valence-electron chi connectivity index (χ0n) is 11.2. The van der Waals surface area contributed by atoms with E-state index in [0.717, 1.165) is 16.9 Å². The number of nitriles is 1. The fourth-order valence-electron chi connectivity index (χ4n) is 1.95. The Morgan fingerprint density at radius 2 is 2.10 bits per heavy atom. The lowest BCUT2D eigenvalue weighted by Crippen LogP contribution is -2.03. The van der Waals surface area contributed by atoms with Crippen molar-refractivity contribution in [2.75, 3.05) is 11.5 Å². The number of hydrogen-bond donors (Lipinski definition) is 1. The maximum absolute atomic E-state index is 12.2. The second-order valence-electron chi connectivity index (χ2n) is 4.39. The van der Waals surface area contributed by atoms with Crippen molar-refractivity contribution in [3.8, 4) is 17.2 Å².